The largest absolute Gasteiger partial charge is 0.480 e. The predicted octanol–water partition coefficient (Wildman–Crippen LogP) is 2.95. The molecule has 2 atom stereocenters. The first-order valence-corrected chi connectivity index (χ1v) is 7.78. The van der Waals surface area contributed by atoms with Gasteiger partial charge in [-0.1, -0.05) is 30.3 Å². The van der Waals surface area contributed by atoms with Crippen LogP contribution in [0.25, 0.3) is 0 Å². The van der Waals surface area contributed by atoms with Crippen molar-refractivity contribution in [2.75, 3.05) is 19.7 Å². The Morgan fingerprint density at radius 2 is 2.10 bits per heavy atom. The van der Waals surface area contributed by atoms with Gasteiger partial charge in [0.1, 0.15) is 10.7 Å². The van der Waals surface area contributed by atoms with Gasteiger partial charge in [0.25, 0.3) is 0 Å². The summed E-state index contributed by atoms with van der Waals surface area (Å²) < 4.78 is 12.8. The maximum absolute atomic E-state index is 6.20. The van der Waals surface area contributed by atoms with Crippen LogP contribution >= 0.6 is 15.9 Å². The highest BCUT2D eigenvalue weighted by Gasteiger charge is 2.28. The van der Waals surface area contributed by atoms with E-state index in [4.69, 9.17) is 9.47 Å². The Morgan fingerprint density at radius 1 is 1.24 bits per heavy atom. The number of hydrogen-bond acceptors (Lipinski definition) is 4. The summed E-state index contributed by atoms with van der Waals surface area (Å²) >= 11 is 3.43. The van der Waals surface area contributed by atoms with Gasteiger partial charge >= 0.3 is 0 Å². The molecule has 0 saturated carbocycles. The van der Waals surface area contributed by atoms with E-state index < -0.39 is 0 Å². The van der Waals surface area contributed by atoms with Crippen LogP contribution in [-0.2, 0) is 4.74 Å². The molecule has 1 N–H and O–H groups in total. The Bertz CT molecular complexity index is 573. The number of morpholine rings is 1. The molecule has 0 spiro atoms. The molecule has 2 heterocycles. The normalized spacial score (nSPS) is 20.0. The number of pyridine rings is 1. The molecule has 0 bridgehead atoms. The molecule has 1 unspecified atom stereocenters. The number of nitrogens with one attached hydrogen (secondary N) is 1. The third kappa shape index (κ3) is 3.61. The van der Waals surface area contributed by atoms with Crippen molar-refractivity contribution in [1.82, 2.24) is 10.3 Å². The SMILES string of the molecule is Brc1ncccc1OC(c1ccccc1)[C@@H]1CNCCO1. The van der Waals surface area contributed by atoms with Gasteiger partial charge in [-0.15, -0.1) is 0 Å². The average Bonchev–Trinajstić information content (AvgIpc) is 2.56. The molecule has 1 aliphatic heterocycles. The number of hydrogen-bond donors (Lipinski definition) is 1. The van der Waals surface area contributed by atoms with E-state index in [1.165, 1.54) is 0 Å². The van der Waals surface area contributed by atoms with Gasteiger partial charge in [-0.2, -0.15) is 0 Å². The van der Waals surface area contributed by atoms with Crippen LogP contribution in [0, 0.1) is 0 Å². The van der Waals surface area contributed by atoms with E-state index in [1.807, 2.05) is 30.3 Å². The average molecular weight is 349 g/mol. The van der Waals surface area contributed by atoms with Crippen molar-refractivity contribution < 1.29 is 9.47 Å². The van der Waals surface area contributed by atoms with E-state index >= 15 is 0 Å². The van der Waals surface area contributed by atoms with Crippen LogP contribution in [0.3, 0.4) is 0 Å². The maximum atomic E-state index is 6.20. The van der Waals surface area contributed by atoms with E-state index in [-0.39, 0.29) is 12.2 Å². The topological polar surface area (TPSA) is 43.4 Å². The van der Waals surface area contributed by atoms with Gasteiger partial charge in [0, 0.05) is 19.3 Å². The van der Waals surface area contributed by atoms with Gasteiger partial charge in [0.2, 0.25) is 0 Å². The lowest BCUT2D eigenvalue weighted by molar-refractivity contribution is -0.0435. The molecule has 110 valence electrons. The van der Waals surface area contributed by atoms with Crippen LogP contribution in [0.4, 0.5) is 0 Å². The van der Waals surface area contributed by atoms with Gasteiger partial charge in [0.15, 0.2) is 11.9 Å². The van der Waals surface area contributed by atoms with Crippen LogP contribution < -0.4 is 10.1 Å². The van der Waals surface area contributed by atoms with Crippen molar-refractivity contribution in [2.24, 2.45) is 0 Å². The fraction of sp³-hybridized carbons (Fsp3) is 0.312. The third-order valence-corrected chi connectivity index (χ3v) is 4.00. The van der Waals surface area contributed by atoms with Crippen LogP contribution in [0.15, 0.2) is 53.3 Å². The Balaban J connectivity index is 1.87. The molecular formula is C16H17BrN2O2. The summed E-state index contributed by atoms with van der Waals surface area (Å²) in [5, 5.41) is 3.35. The second-order valence-corrected chi connectivity index (χ2v) is 5.61. The lowest BCUT2D eigenvalue weighted by Crippen LogP contribution is -2.43. The minimum absolute atomic E-state index is 0.0201. The molecule has 1 aromatic heterocycles. The summed E-state index contributed by atoms with van der Waals surface area (Å²) in [6, 6.07) is 13.9. The van der Waals surface area contributed by atoms with Crippen LogP contribution in [0.1, 0.15) is 11.7 Å². The van der Waals surface area contributed by atoms with Crippen LogP contribution in [0.2, 0.25) is 0 Å². The van der Waals surface area contributed by atoms with Crippen LogP contribution in [0.5, 0.6) is 5.75 Å². The molecule has 3 rings (SSSR count). The molecule has 0 radical (unpaired) electrons. The highest BCUT2D eigenvalue weighted by Crippen LogP contribution is 2.30. The van der Waals surface area contributed by atoms with E-state index in [0.29, 0.717) is 11.2 Å². The molecule has 21 heavy (non-hydrogen) atoms. The van der Waals surface area contributed by atoms with Crippen molar-refractivity contribution in [3.63, 3.8) is 0 Å². The highest BCUT2D eigenvalue weighted by atomic mass is 79.9. The number of ether oxygens (including phenoxy) is 2. The van der Waals surface area contributed by atoms with E-state index in [1.54, 1.807) is 6.20 Å². The van der Waals surface area contributed by atoms with Crippen molar-refractivity contribution in [1.29, 1.82) is 0 Å². The second kappa shape index (κ2) is 7.02. The van der Waals surface area contributed by atoms with Gasteiger partial charge in [-0.3, -0.25) is 0 Å². The summed E-state index contributed by atoms with van der Waals surface area (Å²) in [5.74, 6) is 0.723. The monoisotopic (exact) mass is 348 g/mol. The Hall–Kier alpha value is -1.43. The van der Waals surface area contributed by atoms with Crippen molar-refractivity contribution in [3.8, 4) is 5.75 Å². The zero-order valence-corrected chi connectivity index (χ0v) is 13.1. The van der Waals surface area contributed by atoms with E-state index in [2.05, 4.69) is 38.4 Å². The van der Waals surface area contributed by atoms with Crippen molar-refractivity contribution >= 4 is 15.9 Å². The Kier molecular flexibility index (Phi) is 4.85. The molecule has 1 saturated heterocycles. The first kappa shape index (κ1) is 14.5. The first-order chi connectivity index (χ1) is 10.3. The zero-order chi connectivity index (χ0) is 14.5. The third-order valence-electron chi connectivity index (χ3n) is 3.40. The minimum atomic E-state index is -0.167. The molecule has 1 aliphatic rings. The molecular weight excluding hydrogens is 332 g/mol. The summed E-state index contributed by atoms with van der Waals surface area (Å²) in [6.07, 6.45) is 1.54. The standard InChI is InChI=1S/C16H17BrN2O2/c17-16-13(7-4-8-19-16)21-15(12-5-2-1-3-6-12)14-11-18-9-10-20-14/h1-8,14-15,18H,9-11H2/t14-,15?/m0/s1. The van der Waals surface area contributed by atoms with Crippen molar-refractivity contribution in [3.05, 3.63) is 58.8 Å². The Morgan fingerprint density at radius 3 is 2.81 bits per heavy atom. The van der Waals surface area contributed by atoms with Crippen molar-refractivity contribution in [2.45, 2.75) is 12.2 Å². The molecule has 2 aromatic rings. The summed E-state index contributed by atoms with van der Waals surface area (Å²) in [6.45, 7) is 2.36. The number of aromatic nitrogens is 1. The molecule has 0 aliphatic carbocycles. The molecule has 1 aromatic carbocycles. The van der Waals surface area contributed by atoms with Gasteiger partial charge < -0.3 is 14.8 Å². The minimum Gasteiger partial charge on any atom is -0.480 e. The van der Waals surface area contributed by atoms with Gasteiger partial charge in [0.05, 0.1) is 6.61 Å². The number of nitrogens with zero attached hydrogens (tertiary/aromatic N) is 1. The quantitative estimate of drug-likeness (QED) is 0.862. The number of halogens is 1. The zero-order valence-electron chi connectivity index (χ0n) is 11.5. The van der Waals surface area contributed by atoms with Crippen LogP contribution in [-0.4, -0.2) is 30.8 Å². The molecule has 5 heteroatoms. The smallest absolute Gasteiger partial charge is 0.153 e. The van der Waals surface area contributed by atoms with E-state index in [9.17, 15) is 0 Å². The fourth-order valence-corrected chi connectivity index (χ4v) is 2.72. The second-order valence-electron chi connectivity index (χ2n) is 4.85. The number of rotatable bonds is 4. The first-order valence-electron chi connectivity index (χ1n) is 6.99. The lowest BCUT2D eigenvalue weighted by atomic mass is 10.0. The summed E-state index contributed by atoms with van der Waals surface area (Å²) in [5.41, 5.74) is 1.10. The predicted molar refractivity (Wildman–Crippen MR) is 84.4 cm³/mol. The fourth-order valence-electron chi connectivity index (χ4n) is 2.38. The van der Waals surface area contributed by atoms with Gasteiger partial charge in [-0.05, 0) is 33.6 Å². The summed E-state index contributed by atoms with van der Waals surface area (Å²) in [7, 11) is 0. The maximum Gasteiger partial charge on any atom is 0.153 e. The highest BCUT2D eigenvalue weighted by molar-refractivity contribution is 9.10. The van der Waals surface area contributed by atoms with Gasteiger partial charge in [-0.25, -0.2) is 4.98 Å². The molecule has 4 nitrogen and oxygen atoms in total. The Labute approximate surface area is 132 Å². The number of benzene rings is 1. The lowest BCUT2D eigenvalue weighted by Gasteiger charge is -2.31. The molecule has 0 amide bonds. The summed E-state index contributed by atoms with van der Waals surface area (Å²) in [4.78, 5) is 4.21. The molecule has 1 fully saturated rings. The van der Waals surface area contributed by atoms with E-state index in [0.717, 1.165) is 24.4 Å².